The van der Waals surface area contributed by atoms with Gasteiger partial charge in [0.2, 0.25) is 0 Å². The number of nitrogens with zero attached hydrogens (tertiary/aromatic N) is 2. The van der Waals surface area contributed by atoms with E-state index >= 15 is 0 Å². The predicted molar refractivity (Wildman–Crippen MR) is 75.4 cm³/mol. The second-order valence-electron chi connectivity index (χ2n) is 6.24. The van der Waals surface area contributed by atoms with Gasteiger partial charge in [0.15, 0.2) is 0 Å². The molecular weight excluding hydrogens is 222 g/mol. The van der Waals surface area contributed by atoms with E-state index in [0.717, 1.165) is 19.0 Å². The summed E-state index contributed by atoms with van der Waals surface area (Å²) in [7, 11) is 0. The summed E-state index contributed by atoms with van der Waals surface area (Å²) in [4.78, 5) is 4.34. The maximum atomic E-state index is 4.34. The Balaban J connectivity index is 1.94. The van der Waals surface area contributed by atoms with Crippen LogP contribution in [0.2, 0.25) is 0 Å². The number of hydrogen-bond acceptors (Lipinski definition) is 2. The lowest BCUT2D eigenvalue weighted by Crippen LogP contribution is -2.23. The van der Waals surface area contributed by atoms with Crippen LogP contribution in [-0.2, 0) is 6.54 Å². The summed E-state index contributed by atoms with van der Waals surface area (Å²) in [5.41, 5.74) is 1.34. The summed E-state index contributed by atoms with van der Waals surface area (Å²) in [5, 5.41) is 3.52. The molecule has 0 amide bonds. The van der Waals surface area contributed by atoms with Crippen molar-refractivity contribution >= 4 is 0 Å². The van der Waals surface area contributed by atoms with Crippen molar-refractivity contribution in [2.45, 2.75) is 59.0 Å². The SMILES string of the molecule is CC(C)CNCc1cncn1C1CCCC(C)C1. The fraction of sp³-hybridized carbons (Fsp3) is 0.800. The molecule has 1 fully saturated rings. The zero-order chi connectivity index (χ0) is 13.0. The van der Waals surface area contributed by atoms with Crippen LogP contribution in [0.3, 0.4) is 0 Å². The summed E-state index contributed by atoms with van der Waals surface area (Å²) in [5.74, 6) is 1.57. The molecule has 1 aliphatic rings. The largest absolute Gasteiger partial charge is 0.330 e. The van der Waals surface area contributed by atoms with Crippen molar-refractivity contribution in [3.8, 4) is 0 Å². The highest BCUT2D eigenvalue weighted by molar-refractivity contribution is 5.01. The Kier molecular flexibility index (Phi) is 4.81. The van der Waals surface area contributed by atoms with E-state index in [1.165, 1.54) is 31.4 Å². The fourth-order valence-corrected chi connectivity index (χ4v) is 2.94. The van der Waals surface area contributed by atoms with Crippen molar-refractivity contribution in [2.24, 2.45) is 11.8 Å². The zero-order valence-corrected chi connectivity index (χ0v) is 12.0. The maximum absolute atomic E-state index is 4.34. The maximum Gasteiger partial charge on any atom is 0.0951 e. The molecule has 2 atom stereocenters. The van der Waals surface area contributed by atoms with Crippen molar-refractivity contribution in [3.05, 3.63) is 18.2 Å². The third-order valence-electron chi connectivity index (χ3n) is 3.91. The smallest absolute Gasteiger partial charge is 0.0951 e. The van der Waals surface area contributed by atoms with Crippen LogP contribution in [0.25, 0.3) is 0 Å². The van der Waals surface area contributed by atoms with Crippen LogP contribution >= 0.6 is 0 Å². The second-order valence-corrected chi connectivity index (χ2v) is 6.24. The minimum atomic E-state index is 0.673. The predicted octanol–water partition coefficient (Wildman–Crippen LogP) is 3.38. The molecule has 1 aromatic heterocycles. The van der Waals surface area contributed by atoms with E-state index in [2.05, 4.69) is 35.6 Å². The van der Waals surface area contributed by atoms with Crippen molar-refractivity contribution < 1.29 is 0 Å². The van der Waals surface area contributed by atoms with Gasteiger partial charge in [-0.3, -0.25) is 0 Å². The number of nitrogens with one attached hydrogen (secondary N) is 1. The second kappa shape index (κ2) is 6.37. The van der Waals surface area contributed by atoms with Gasteiger partial charge in [0.25, 0.3) is 0 Å². The number of hydrogen-bond donors (Lipinski definition) is 1. The summed E-state index contributed by atoms with van der Waals surface area (Å²) >= 11 is 0. The van der Waals surface area contributed by atoms with E-state index in [4.69, 9.17) is 0 Å². The fourth-order valence-electron chi connectivity index (χ4n) is 2.94. The first kappa shape index (κ1) is 13.6. The van der Waals surface area contributed by atoms with Crippen molar-refractivity contribution in [1.82, 2.24) is 14.9 Å². The first-order valence-corrected chi connectivity index (χ1v) is 7.38. The molecule has 2 rings (SSSR count). The molecule has 0 aromatic carbocycles. The molecular formula is C15H27N3. The van der Waals surface area contributed by atoms with Gasteiger partial charge in [-0.1, -0.05) is 33.6 Å². The van der Waals surface area contributed by atoms with Crippen LogP contribution in [0, 0.1) is 11.8 Å². The molecule has 0 saturated heterocycles. The summed E-state index contributed by atoms with van der Waals surface area (Å²) in [6.45, 7) is 8.88. The summed E-state index contributed by atoms with van der Waals surface area (Å²) < 4.78 is 2.41. The molecule has 1 saturated carbocycles. The van der Waals surface area contributed by atoms with E-state index in [0.29, 0.717) is 12.0 Å². The molecule has 18 heavy (non-hydrogen) atoms. The van der Waals surface area contributed by atoms with E-state index in [9.17, 15) is 0 Å². The molecule has 1 aromatic rings. The van der Waals surface area contributed by atoms with Crippen LogP contribution in [0.5, 0.6) is 0 Å². The number of imidazole rings is 1. The van der Waals surface area contributed by atoms with Gasteiger partial charge >= 0.3 is 0 Å². The minimum Gasteiger partial charge on any atom is -0.330 e. The minimum absolute atomic E-state index is 0.673. The van der Waals surface area contributed by atoms with Gasteiger partial charge in [0.1, 0.15) is 0 Å². The molecule has 0 bridgehead atoms. The van der Waals surface area contributed by atoms with Gasteiger partial charge in [-0.05, 0) is 31.2 Å². The molecule has 1 heterocycles. The van der Waals surface area contributed by atoms with Gasteiger partial charge in [-0.15, -0.1) is 0 Å². The highest BCUT2D eigenvalue weighted by atomic mass is 15.1. The number of rotatable bonds is 5. The molecule has 1 aliphatic carbocycles. The van der Waals surface area contributed by atoms with E-state index < -0.39 is 0 Å². The third-order valence-corrected chi connectivity index (χ3v) is 3.91. The first-order chi connectivity index (χ1) is 8.66. The standard InChI is InChI=1S/C15H27N3/c1-12(2)8-16-9-15-10-17-11-18(15)14-6-4-5-13(3)7-14/h10-14,16H,4-9H2,1-3H3. The lowest BCUT2D eigenvalue weighted by Gasteiger charge is -2.29. The average molecular weight is 249 g/mol. The Morgan fingerprint density at radius 1 is 1.44 bits per heavy atom. The molecule has 2 unspecified atom stereocenters. The van der Waals surface area contributed by atoms with Gasteiger partial charge in [-0.2, -0.15) is 0 Å². The number of aromatic nitrogens is 2. The van der Waals surface area contributed by atoms with Crippen LogP contribution < -0.4 is 5.32 Å². The molecule has 3 heteroatoms. The van der Waals surface area contributed by atoms with Gasteiger partial charge in [0.05, 0.1) is 12.0 Å². The third kappa shape index (κ3) is 3.58. The Morgan fingerprint density at radius 2 is 2.28 bits per heavy atom. The quantitative estimate of drug-likeness (QED) is 0.867. The van der Waals surface area contributed by atoms with Gasteiger partial charge in [0, 0.05) is 18.8 Å². The van der Waals surface area contributed by atoms with Gasteiger partial charge in [-0.25, -0.2) is 4.98 Å². The molecule has 0 spiro atoms. The normalized spacial score (nSPS) is 24.7. The van der Waals surface area contributed by atoms with Crippen molar-refractivity contribution in [2.75, 3.05) is 6.54 Å². The Labute approximate surface area is 111 Å². The van der Waals surface area contributed by atoms with Crippen LogP contribution in [0.1, 0.15) is 58.2 Å². The molecule has 0 aliphatic heterocycles. The van der Waals surface area contributed by atoms with Crippen molar-refractivity contribution in [3.63, 3.8) is 0 Å². The summed E-state index contributed by atoms with van der Waals surface area (Å²) in [6, 6.07) is 0.673. The Hall–Kier alpha value is -0.830. The molecule has 0 radical (unpaired) electrons. The lowest BCUT2D eigenvalue weighted by atomic mass is 9.87. The topological polar surface area (TPSA) is 29.9 Å². The molecule has 1 N–H and O–H groups in total. The van der Waals surface area contributed by atoms with Crippen LogP contribution in [-0.4, -0.2) is 16.1 Å². The van der Waals surface area contributed by atoms with Crippen LogP contribution in [0.15, 0.2) is 12.5 Å². The van der Waals surface area contributed by atoms with E-state index in [1.54, 1.807) is 0 Å². The highest BCUT2D eigenvalue weighted by Crippen LogP contribution is 2.32. The Morgan fingerprint density at radius 3 is 3.00 bits per heavy atom. The zero-order valence-electron chi connectivity index (χ0n) is 12.0. The van der Waals surface area contributed by atoms with Crippen LogP contribution in [0.4, 0.5) is 0 Å². The summed E-state index contributed by atoms with van der Waals surface area (Å²) in [6.07, 6.45) is 9.43. The first-order valence-electron chi connectivity index (χ1n) is 7.38. The van der Waals surface area contributed by atoms with Crippen molar-refractivity contribution in [1.29, 1.82) is 0 Å². The van der Waals surface area contributed by atoms with Gasteiger partial charge < -0.3 is 9.88 Å². The van der Waals surface area contributed by atoms with E-state index in [-0.39, 0.29) is 0 Å². The Bertz CT molecular complexity index is 356. The van der Waals surface area contributed by atoms with E-state index in [1.807, 2.05) is 12.5 Å². The monoisotopic (exact) mass is 249 g/mol. The highest BCUT2D eigenvalue weighted by Gasteiger charge is 2.21. The molecule has 3 nitrogen and oxygen atoms in total. The average Bonchev–Trinajstić information content (AvgIpc) is 2.77. The lowest BCUT2D eigenvalue weighted by molar-refractivity contribution is 0.277. The molecule has 102 valence electrons.